The van der Waals surface area contributed by atoms with Crippen molar-refractivity contribution in [2.75, 3.05) is 19.7 Å². The lowest BCUT2D eigenvalue weighted by molar-refractivity contribution is -0.143. The molecule has 1 aliphatic heterocycles. The van der Waals surface area contributed by atoms with Gasteiger partial charge in [-0.2, -0.15) is 0 Å². The summed E-state index contributed by atoms with van der Waals surface area (Å²) in [5, 5.41) is 5.67. The van der Waals surface area contributed by atoms with Gasteiger partial charge in [0.05, 0.1) is 12.6 Å². The Labute approximate surface area is 102 Å². The number of hydrogen-bond donors (Lipinski definition) is 2. The van der Waals surface area contributed by atoms with Crippen LogP contribution < -0.4 is 10.6 Å². The molecule has 0 saturated carbocycles. The van der Waals surface area contributed by atoms with Gasteiger partial charge in [-0.25, -0.2) is 0 Å². The molecule has 5 nitrogen and oxygen atoms in total. The van der Waals surface area contributed by atoms with Gasteiger partial charge < -0.3 is 15.4 Å². The first-order valence-corrected chi connectivity index (χ1v) is 5.40. The maximum atomic E-state index is 11.5. The maximum Gasteiger partial charge on any atom is 0.325 e. The Morgan fingerprint density at radius 3 is 2.75 bits per heavy atom. The third-order valence-corrected chi connectivity index (χ3v) is 2.34. The zero-order valence-corrected chi connectivity index (χ0v) is 10.3. The van der Waals surface area contributed by atoms with Gasteiger partial charge in [0.25, 0.3) is 0 Å². The van der Waals surface area contributed by atoms with E-state index in [1.54, 1.807) is 6.92 Å². The van der Waals surface area contributed by atoms with Gasteiger partial charge in [0.15, 0.2) is 0 Å². The summed E-state index contributed by atoms with van der Waals surface area (Å²) >= 11 is 0. The predicted octanol–water partition coefficient (Wildman–Crippen LogP) is 0.230. The molecule has 16 heavy (non-hydrogen) atoms. The van der Waals surface area contributed by atoms with E-state index in [1.807, 2.05) is 0 Å². The summed E-state index contributed by atoms with van der Waals surface area (Å²) in [5.74, 6) is -0.496. The van der Waals surface area contributed by atoms with Crippen LogP contribution in [0, 0.1) is 0 Å². The Morgan fingerprint density at radius 1 is 1.44 bits per heavy atom. The van der Waals surface area contributed by atoms with Crippen LogP contribution in [0.25, 0.3) is 0 Å². The number of carbonyl (C=O) groups is 2. The Hall–Kier alpha value is -0.810. The number of rotatable bonds is 4. The molecule has 0 aromatic carbocycles. The van der Waals surface area contributed by atoms with Crippen molar-refractivity contribution >= 4 is 24.3 Å². The van der Waals surface area contributed by atoms with E-state index in [4.69, 9.17) is 4.74 Å². The first kappa shape index (κ1) is 15.2. The fourth-order valence-corrected chi connectivity index (χ4v) is 1.57. The SMILES string of the molecule is CCOC(=O)CNC(=O)[C@@H]1CCCCN1.Cl. The number of nitrogens with one attached hydrogen (secondary N) is 2. The number of ether oxygens (including phenoxy) is 1. The van der Waals surface area contributed by atoms with Crippen LogP contribution in [-0.2, 0) is 14.3 Å². The Bertz CT molecular complexity index is 230. The second-order valence-corrected chi connectivity index (χ2v) is 3.53. The third kappa shape index (κ3) is 5.32. The number of amides is 1. The van der Waals surface area contributed by atoms with Gasteiger partial charge in [-0.3, -0.25) is 9.59 Å². The molecule has 1 fully saturated rings. The second-order valence-electron chi connectivity index (χ2n) is 3.53. The number of halogens is 1. The average Bonchev–Trinajstić information content (AvgIpc) is 2.27. The van der Waals surface area contributed by atoms with E-state index in [-0.39, 0.29) is 36.9 Å². The van der Waals surface area contributed by atoms with Crippen molar-refractivity contribution in [2.45, 2.75) is 32.2 Å². The molecule has 0 radical (unpaired) electrons. The summed E-state index contributed by atoms with van der Waals surface area (Å²) in [7, 11) is 0. The van der Waals surface area contributed by atoms with Crippen molar-refractivity contribution in [2.24, 2.45) is 0 Å². The van der Waals surface area contributed by atoms with Gasteiger partial charge in [0.1, 0.15) is 6.54 Å². The van der Waals surface area contributed by atoms with Gasteiger partial charge >= 0.3 is 5.97 Å². The molecule has 0 spiro atoms. The highest BCUT2D eigenvalue weighted by Gasteiger charge is 2.20. The molecular formula is C10H19ClN2O3. The fourth-order valence-electron chi connectivity index (χ4n) is 1.57. The maximum absolute atomic E-state index is 11.5. The Morgan fingerprint density at radius 2 is 2.19 bits per heavy atom. The molecule has 1 rings (SSSR count). The van der Waals surface area contributed by atoms with E-state index in [9.17, 15) is 9.59 Å². The van der Waals surface area contributed by atoms with Crippen LogP contribution >= 0.6 is 12.4 Å². The summed E-state index contributed by atoms with van der Waals surface area (Å²) in [6.45, 7) is 2.92. The van der Waals surface area contributed by atoms with Gasteiger partial charge in [-0.15, -0.1) is 12.4 Å². The van der Waals surface area contributed by atoms with Crippen LogP contribution in [0.4, 0.5) is 0 Å². The van der Waals surface area contributed by atoms with Crippen LogP contribution in [0.3, 0.4) is 0 Å². The number of esters is 1. The van der Waals surface area contributed by atoms with E-state index in [1.165, 1.54) is 0 Å². The fraction of sp³-hybridized carbons (Fsp3) is 0.800. The van der Waals surface area contributed by atoms with Crippen molar-refractivity contribution in [3.63, 3.8) is 0 Å². The Balaban J connectivity index is 0.00000225. The molecule has 0 aromatic heterocycles. The van der Waals surface area contributed by atoms with Gasteiger partial charge in [-0.1, -0.05) is 6.42 Å². The standard InChI is InChI=1S/C10H18N2O3.ClH/c1-2-15-9(13)7-12-10(14)8-5-3-4-6-11-8;/h8,11H,2-7H2,1H3,(H,12,14);1H/t8-;/m0./s1. The van der Waals surface area contributed by atoms with Gasteiger partial charge in [-0.05, 0) is 26.3 Å². The summed E-state index contributed by atoms with van der Waals surface area (Å²) in [4.78, 5) is 22.5. The number of piperidine rings is 1. The van der Waals surface area contributed by atoms with Crippen molar-refractivity contribution in [1.29, 1.82) is 0 Å². The molecule has 94 valence electrons. The summed E-state index contributed by atoms with van der Waals surface area (Å²) in [5.41, 5.74) is 0. The molecule has 1 aliphatic rings. The first-order chi connectivity index (χ1) is 7.24. The highest BCUT2D eigenvalue weighted by atomic mass is 35.5. The molecular weight excluding hydrogens is 232 g/mol. The lowest BCUT2D eigenvalue weighted by Gasteiger charge is -2.22. The molecule has 1 amide bonds. The summed E-state index contributed by atoms with van der Waals surface area (Å²) < 4.78 is 4.71. The lowest BCUT2D eigenvalue weighted by atomic mass is 10.0. The van der Waals surface area contributed by atoms with E-state index in [2.05, 4.69) is 10.6 Å². The minimum atomic E-state index is -0.387. The van der Waals surface area contributed by atoms with E-state index in [0.29, 0.717) is 6.61 Å². The normalized spacial score (nSPS) is 19.4. The lowest BCUT2D eigenvalue weighted by Crippen LogP contribution is -2.47. The minimum Gasteiger partial charge on any atom is -0.465 e. The molecule has 1 atom stereocenters. The van der Waals surface area contributed by atoms with E-state index < -0.39 is 0 Å². The molecule has 0 unspecified atom stereocenters. The largest absolute Gasteiger partial charge is 0.465 e. The molecule has 6 heteroatoms. The van der Waals surface area contributed by atoms with Crippen molar-refractivity contribution in [3.8, 4) is 0 Å². The molecule has 1 saturated heterocycles. The number of hydrogen-bond acceptors (Lipinski definition) is 4. The van der Waals surface area contributed by atoms with Gasteiger partial charge in [0.2, 0.25) is 5.91 Å². The topological polar surface area (TPSA) is 67.4 Å². The van der Waals surface area contributed by atoms with Crippen LogP contribution in [0.15, 0.2) is 0 Å². The van der Waals surface area contributed by atoms with Crippen molar-refractivity contribution in [1.82, 2.24) is 10.6 Å². The monoisotopic (exact) mass is 250 g/mol. The molecule has 0 bridgehead atoms. The highest BCUT2D eigenvalue weighted by molar-refractivity contribution is 5.86. The second kappa shape index (κ2) is 8.35. The molecule has 2 N–H and O–H groups in total. The van der Waals surface area contributed by atoms with Crippen molar-refractivity contribution < 1.29 is 14.3 Å². The zero-order chi connectivity index (χ0) is 11.1. The van der Waals surface area contributed by atoms with E-state index >= 15 is 0 Å². The van der Waals surface area contributed by atoms with Crippen LogP contribution in [0.5, 0.6) is 0 Å². The smallest absolute Gasteiger partial charge is 0.325 e. The third-order valence-electron chi connectivity index (χ3n) is 2.34. The van der Waals surface area contributed by atoms with Gasteiger partial charge in [0, 0.05) is 0 Å². The molecule has 1 heterocycles. The summed E-state index contributed by atoms with van der Waals surface area (Å²) in [6.07, 6.45) is 3.01. The van der Waals surface area contributed by atoms with Crippen LogP contribution in [0.2, 0.25) is 0 Å². The quantitative estimate of drug-likeness (QED) is 0.701. The average molecular weight is 251 g/mol. The molecule has 0 aliphatic carbocycles. The number of carbonyl (C=O) groups excluding carboxylic acids is 2. The predicted molar refractivity (Wildman–Crippen MR) is 62.5 cm³/mol. The highest BCUT2D eigenvalue weighted by Crippen LogP contribution is 2.06. The minimum absolute atomic E-state index is 0. The first-order valence-electron chi connectivity index (χ1n) is 5.40. The van der Waals surface area contributed by atoms with E-state index in [0.717, 1.165) is 25.8 Å². The molecule has 0 aromatic rings. The summed E-state index contributed by atoms with van der Waals surface area (Å²) in [6, 6.07) is -0.145. The zero-order valence-electron chi connectivity index (χ0n) is 9.45. The van der Waals surface area contributed by atoms with Crippen LogP contribution in [0.1, 0.15) is 26.2 Å². The van der Waals surface area contributed by atoms with Crippen molar-refractivity contribution in [3.05, 3.63) is 0 Å². The Kier molecular flexibility index (Phi) is 7.93. The van der Waals surface area contributed by atoms with Crippen LogP contribution in [-0.4, -0.2) is 37.6 Å².